The lowest BCUT2D eigenvalue weighted by molar-refractivity contribution is 0.329. The topological polar surface area (TPSA) is 72.6 Å². The van der Waals surface area contributed by atoms with Gasteiger partial charge in [0.15, 0.2) is 0 Å². The molecule has 0 amide bonds. The van der Waals surface area contributed by atoms with Gasteiger partial charge in [0.2, 0.25) is 10.0 Å². The second-order valence-electron chi connectivity index (χ2n) is 5.80. The molecule has 21 heavy (non-hydrogen) atoms. The van der Waals surface area contributed by atoms with Crippen LogP contribution in [0.5, 0.6) is 5.75 Å². The minimum atomic E-state index is -3.55. The van der Waals surface area contributed by atoms with Gasteiger partial charge in [0.05, 0.1) is 6.61 Å². The van der Waals surface area contributed by atoms with E-state index in [1.54, 1.807) is 16.4 Å². The summed E-state index contributed by atoms with van der Waals surface area (Å²) in [6, 6.07) is 4.77. The molecule has 0 aromatic heterocycles. The average Bonchev–Trinajstić information content (AvgIpc) is 2.91. The standard InChI is InChI=1S/C15H24N2O3S/c1-4-20-14-6-5-13(16)9-15(14)21(18,19)17-8-7-12(10-17)11(2)3/h5-6,9,11-12H,4,7-8,10,16H2,1-3H3. The number of hydrogen-bond acceptors (Lipinski definition) is 4. The Labute approximate surface area is 127 Å². The van der Waals surface area contributed by atoms with Crippen molar-refractivity contribution < 1.29 is 13.2 Å². The van der Waals surface area contributed by atoms with E-state index in [2.05, 4.69) is 13.8 Å². The number of benzene rings is 1. The van der Waals surface area contributed by atoms with Gasteiger partial charge in [-0.05, 0) is 43.4 Å². The van der Waals surface area contributed by atoms with Crippen LogP contribution in [0.15, 0.2) is 23.1 Å². The highest BCUT2D eigenvalue weighted by atomic mass is 32.2. The van der Waals surface area contributed by atoms with Crippen LogP contribution >= 0.6 is 0 Å². The number of hydrogen-bond donors (Lipinski definition) is 1. The number of sulfonamides is 1. The van der Waals surface area contributed by atoms with Gasteiger partial charge in [0.25, 0.3) is 0 Å². The Balaban J connectivity index is 2.34. The highest BCUT2D eigenvalue weighted by Crippen LogP contribution is 2.33. The van der Waals surface area contributed by atoms with Crippen molar-refractivity contribution in [3.8, 4) is 5.75 Å². The molecular weight excluding hydrogens is 288 g/mol. The molecule has 1 heterocycles. The van der Waals surface area contributed by atoms with Crippen LogP contribution in [-0.2, 0) is 10.0 Å². The minimum absolute atomic E-state index is 0.175. The number of ether oxygens (including phenoxy) is 1. The highest BCUT2D eigenvalue weighted by molar-refractivity contribution is 7.89. The molecule has 2 rings (SSSR count). The van der Waals surface area contributed by atoms with Crippen molar-refractivity contribution in [1.82, 2.24) is 4.31 Å². The number of anilines is 1. The van der Waals surface area contributed by atoms with Crippen molar-refractivity contribution in [2.24, 2.45) is 11.8 Å². The van der Waals surface area contributed by atoms with E-state index < -0.39 is 10.0 Å². The predicted octanol–water partition coefficient (Wildman–Crippen LogP) is 2.33. The first-order valence-electron chi connectivity index (χ1n) is 7.38. The van der Waals surface area contributed by atoms with Crippen LogP contribution in [0.2, 0.25) is 0 Å². The third-order valence-electron chi connectivity index (χ3n) is 4.02. The molecular formula is C15H24N2O3S. The Hall–Kier alpha value is -1.27. The summed E-state index contributed by atoms with van der Waals surface area (Å²) in [5, 5.41) is 0. The third-order valence-corrected chi connectivity index (χ3v) is 5.90. The van der Waals surface area contributed by atoms with Crippen LogP contribution in [0, 0.1) is 11.8 Å². The van der Waals surface area contributed by atoms with Crippen LogP contribution in [0.1, 0.15) is 27.2 Å². The molecule has 0 radical (unpaired) electrons. The molecule has 118 valence electrons. The van der Waals surface area contributed by atoms with E-state index in [1.807, 2.05) is 6.92 Å². The van der Waals surface area contributed by atoms with Gasteiger partial charge in [-0.1, -0.05) is 13.8 Å². The monoisotopic (exact) mass is 312 g/mol. The first kappa shape index (κ1) is 16.1. The molecule has 6 heteroatoms. The van der Waals surface area contributed by atoms with Crippen molar-refractivity contribution in [2.75, 3.05) is 25.4 Å². The predicted molar refractivity (Wildman–Crippen MR) is 83.7 cm³/mol. The summed E-state index contributed by atoms with van der Waals surface area (Å²) < 4.78 is 32.7. The highest BCUT2D eigenvalue weighted by Gasteiger charge is 2.35. The number of nitrogens with zero attached hydrogens (tertiary/aromatic N) is 1. The van der Waals surface area contributed by atoms with Gasteiger partial charge in [-0.25, -0.2) is 8.42 Å². The van der Waals surface area contributed by atoms with Crippen LogP contribution < -0.4 is 10.5 Å². The summed E-state index contributed by atoms with van der Waals surface area (Å²) >= 11 is 0. The molecule has 0 aliphatic carbocycles. The zero-order valence-corrected chi connectivity index (χ0v) is 13.7. The molecule has 0 bridgehead atoms. The van der Waals surface area contributed by atoms with Gasteiger partial charge >= 0.3 is 0 Å². The summed E-state index contributed by atoms with van der Waals surface area (Å²) in [6.45, 7) is 7.64. The minimum Gasteiger partial charge on any atom is -0.492 e. The van der Waals surface area contributed by atoms with Crippen LogP contribution in [0.3, 0.4) is 0 Å². The van der Waals surface area contributed by atoms with Crippen molar-refractivity contribution in [1.29, 1.82) is 0 Å². The number of nitrogens with two attached hydrogens (primary N) is 1. The molecule has 1 aromatic carbocycles. The van der Waals surface area contributed by atoms with Crippen molar-refractivity contribution in [3.05, 3.63) is 18.2 Å². The lowest BCUT2D eigenvalue weighted by Gasteiger charge is -2.20. The average molecular weight is 312 g/mol. The van der Waals surface area contributed by atoms with Gasteiger partial charge in [0, 0.05) is 18.8 Å². The maximum atomic E-state index is 12.8. The van der Waals surface area contributed by atoms with E-state index in [0.717, 1.165) is 6.42 Å². The zero-order valence-electron chi connectivity index (χ0n) is 12.9. The smallest absolute Gasteiger partial charge is 0.246 e. The van der Waals surface area contributed by atoms with E-state index in [0.29, 0.717) is 43.0 Å². The number of nitrogen functional groups attached to an aromatic ring is 1. The maximum Gasteiger partial charge on any atom is 0.246 e. The normalized spacial score (nSPS) is 20.1. The SMILES string of the molecule is CCOc1ccc(N)cc1S(=O)(=O)N1CCC(C(C)C)C1. The number of rotatable bonds is 5. The lowest BCUT2D eigenvalue weighted by Crippen LogP contribution is -2.30. The van der Waals surface area contributed by atoms with Gasteiger partial charge in [0.1, 0.15) is 10.6 Å². The van der Waals surface area contributed by atoms with E-state index in [-0.39, 0.29) is 4.90 Å². The van der Waals surface area contributed by atoms with Gasteiger partial charge in [-0.3, -0.25) is 0 Å². The fraction of sp³-hybridized carbons (Fsp3) is 0.600. The van der Waals surface area contributed by atoms with Gasteiger partial charge in [-0.15, -0.1) is 0 Å². The molecule has 2 N–H and O–H groups in total. The molecule has 1 unspecified atom stereocenters. The Morgan fingerprint density at radius 1 is 1.43 bits per heavy atom. The Morgan fingerprint density at radius 3 is 2.71 bits per heavy atom. The Morgan fingerprint density at radius 2 is 2.14 bits per heavy atom. The van der Waals surface area contributed by atoms with Crippen molar-refractivity contribution >= 4 is 15.7 Å². The second kappa shape index (κ2) is 6.23. The Bertz CT molecular complexity index is 599. The van der Waals surface area contributed by atoms with E-state index in [1.165, 1.54) is 6.07 Å². The van der Waals surface area contributed by atoms with Crippen molar-refractivity contribution in [2.45, 2.75) is 32.1 Å². The molecule has 1 aliphatic heterocycles. The molecule has 1 saturated heterocycles. The third kappa shape index (κ3) is 3.32. The molecule has 0 saturated carbocycles. The van der Waals surface area contributed by atoms with Gasteiger partial charge < -0.3 is 10.5 Å². The lowest BCUT2D eigenvalue weighted by atomic mass is 9.96. The van der Waals surface area contributed by atoms with Crippen LogP contribution in [0.25, 0.3) is 0 Å². The molecule has 0 spiro atoms. The molecule has 1 atom stereocenters. The fourth-order valence-corrected chi connectivity index (χ4v) is 4.33. The Kier molecular flexibility index (Phi) is 4.78. The molecule has 1 aromatic rings. The summed E-state index contributed by atoms with van der Waals surface area (Å²) in [6.07, 6.45) is 0.906. The largest absolute Gasteiger partial charge is 0.492 e. The molecule has 1 fully saturated rings. The second-order valence-corrected chi connectivity index (χ2v) is 7.70. The maximum absolute atomic E-state index is 12.8. The van der Waals surface area contributed by atoms with Crippen LogP contribution in [-0.4, -0.2) is 32.4 Å². The van der Waals surface area contributed by atoms with Crippen molar-refractivity contribution in [3.63, 3.8) is 0 Å². The fourth-order valence-electron chi connectivity index (χ4n) is 2.66. The molecule has 5 nitrogen and oxygen atoms in total. The summed E-state index contributed by atoms with van der Waals surface area (Å²) in [7, 11) is -3.55. The van der Waals surface area contributed by atoms with Gasteiger partial charge in [-0.2, -0.15) is 4.31 Å². The van der Waals surface area contributed by atoms with E-state index in [4.69, 9.17) is 10.5 Å². The quantitative estimate of drug-likeness (QED) is 0.847. The molecule has 1 aliphatic rings. The first-order chi connectivity index (χ1) is 9.86. The first-order valence-corrected chi connectivity index (χ1v) is 8.82. The summed E-state index contributed by atoms with van der Waals surface area (Å²) in [4.78, 5) is 0.175. The van der Waals surface area contributed by atoms with E-state index in [9.17, 15) is 8.42 Å². The summed E-state index contributed by atoms with van der Waals surface area (Å²) in [5.41, 5.74) is 6.18. The van der Waals surface area contributed by atoms with E-state index >= 15 is 0 Å². The summed E-state index contributed by atoms with van der Waals surface area (Å²) in [5.74, 6) is 1.27. The zero-order chi connectivity index (χ0) is 15.6. The van der Waals surface area contributed by atoms with Crippen LogP contribution in [0.4, 0.5) is 5.69 Å².